The van der Waals surface area contributed by atoms with E-state index in [2.05, 4.69) is 28.1 Å². The van der Waals surface area contributed by atoms with Crippen LogP contribution in [0.4, 0.5) is 0 Å². The lowest BCUT2D eigenvalue weighted by atomic mass is 10.5. The fourth-order valence-corrected chi connectivity index (χ4v) is 1.66. The smallest absolute Gasteiger partial charge is 0.300 e. The molecule has 0 saturated heterocycles. The van der Waals surface area contributed by atoms with Crippen molar-refractivity contribution in [2.75, 3.05) is 11.5 Å². The number of fused-ring (bicyclic) bond motifs is 1. The van der Waals surface area contributed by atoms with Crippen LogP contribution < -0.4 is 16.9 Å². The lowest BCUT2D eigenvalue weighted by Crippen LogP contribution is -2.21. The highest BCUT2D eigenvalue weighted by atomic mass is 32.2. The summed E-state index contributed by atoms with van der Waals surface area (Å²) in [5.74, 6) is 2.07. The van der Waals surface area contributed by atoms with E-state index in [9.17, 15) is 14.4 Å². The molecule has 0 aliphatic heterocycles. The van der Waals surface area contributed by atoms with Gasteiger partial charge in [0, 0.05) is 11.5 Å². The van der Waals surface area contributed by atoms with Crippen LogP contribution in [0.3, 0.4) is 0 Å². The minimum atomic E-state index is -0.650. The fourth-order valence-electron chi connectivity index (χ4n) is 1.19. The van der Waals surface area contributed by atoms with Gasteiger partial charge in [-0.3, -0.25) is 24.7 Å². The molecule has 0 radical (unpaired) electrons. The average Bonchev–Trinajstić information content (AvgIpc) is 2.71. The van der Waals surface area contributed by atoms with Gasteiger partial charge in [0.2, 0.25) is 0 Å². The van der Waals surface area contributed by atoms with E-state index in [1.165, 1.54) is 0 Å². The molecule has 0 aliphatic carbocycles. The van der Waals surface area contributed by atoms with E-state index in [4.69, 9.17) is 0 Å². The standard InChI is InChI=1S/C6H10S.C5H4N4O3/c1-3-5-7-6-4-2;10-3-1-2(7-4(11)6-1)8-5(12)9-3/h3-4H,1-2,5-6H2;(H4,6,7,8,9,10,11,12). The first-order valence-electron chi connectivity index (χ1n) is 5.32. The fraction of sp³-hybridized carbons (Fsp3) is 0.182. The molecule has 102 valence electrons. The number of hydrogen-bond acceptors (Lipinski definition) is 4. The van der Waals surface area contributed by atoms with E-state index in [0.29, 0.717) is 0 Å². The molecule has 2 aromatic heterocycles. The number of imidazole rings is 1. The molecule has 7 nitrogen and oxygen atoms in total. The summed E-state index contributed by atoms with van der Waals surface area (Å²) in [6.45, 7) is 7.15. The Morgan fingerprint density at radius 2 is 1.42 bits per heavy atom. The molecule has 0 unspecified atom stereocenters. The van der Waals surface area contributed by atoms with Crippen molar-refractivity contribution < 1.29 is 0 Å². The third-order valence-electron chi connectivity index (χ3n) is 1.89. The van der Waals surface area contributed by atoms with E-state index in [1.54, 1.807) is 0 Å². The number of hydrogen-bond donors (Lipinski definition) is 4. The maximum Gasteiger partial charge on any atom is 0.327 e. The summed E-state index contributed by atoms with van der Waals surface area (Å²) < 4.78 is 0. The van der Waals surface area contributed by atoms with Crippen LogP contribution in [0.15, 0.2) is 39.7 Å². The summed E-state index contributed by atoms with van der Waals surface area (Å²) in [4.78, 5) is 41.0. The van der Waals surface area contributed by atoms with E-state index in [1.807, 2.05) is 28.9 Å². The third-order valence-corrected chi connectivity index (χ3v) is 2.83. The highest BCUT2D eigenvalue weighted by Gasteiger charge is 2.02. The van der Waals surface area contributed by atoms with Gasteiger partial charge in [-0.15, -0.1) is 13.2 Å². The van der Waals surface area contributed by atoms with E-state index >= 15 is 0 Å². The van der Waals surface area contributed by atoms with Crippen molar-refractivity contribution >= 4 is 22.9 Å². The molecule has 0 aliphatic rings. The summed E-state index contributed by atoms with van der Waals surface area (Å²) >= 11 is 1.82. The molecule has 0 fully saturated rings. The summed E-state index contributed by atoms with van der Waals surface area (Å²) in [7, 11) is 0. The number of aromatic amines is 4. The number of thioether (sulfide) groups is 1. The van der Waals surface area contributed by atoms with Crippen LogP contribution in [0.5, 0.6) is 0 Å². The first kappa shape index (κ1) is 14.8. The lowest BCUT2D eigenvalue weighted by molar-refractivity contribution is 1.07. The minimum absolute atomic E-state index is 0.0413. The van der Waals surface area contributed by atoms with Gasteiger partial charge in [0.05, 0.1) is 0 Å². The van der Waals surface area contributed by atoms with Crippen LogP contribution in [0.25, 0.3) is 11.2 Å². The zero-order valence-corrected chi connectivity index (χ0v) is 10.9. The minimum Gasteiger partial charge on any atom is -0.300 e. The van der Waals surface area contributed by atoms with Gasteiger partial charge < -0.3 is 0 Å². The SMILES string of the molecule is C=CCSCC=C.O=c1[nH]c(=O)c2[nH]c(=O)[nH]c2[nH]1. The maximum absolute atomic E-state index is 10.9. The van der Waals surface area contributed by atoms with Crippen LogP contribution in [-0.4, -0.2) is 31.4 Å². The molecule has 4 N–H and O–H groups in total. The summed E-state index contributed by atoms with van der Waals surface area (Å²) in [5.41, 5.74) is -1.65. The van der Waals surface area contributed by atoms with Gasteiger partial charge in [-0.05, 0) is 0 Å². The van der Waals surface area contributed by atoms with Crippen molar-refractivity contribution in [2.24, 2.45) is 0 Å². The zero-order chi connectivity index (χ0) is 14.3. The van der Waals surface area contributed by atoms with E-state index in [0.717, 1.165) is 11.5 Å². The van der Waals surface area contributed by atoms with E-state index < -0.39 is 16.9 Å². The van der Waals surface area contributed by atoms with Crippen LogP contribution in [0.2, 0.25) is 0 Å². The molecule has 19 heavy (non-hydrogen) atoms. The van der Waals surface area contributed by atoms with Crippen molar-refractivity contribution in [1.82, 2.24) is 19.9 Å². The molecule has 8 heteroatoms. The number of H-pyrrole nitrogens is 4. The first-order valence-corrected chi connectivity index (χ1v) is 6.48. The molecule has 0 bridgehead atoms. The average molecular weight is 282 g/mol. The predicted molar refractivity (Wildman–Crippen MR) is 77.9 cm³/mol. The van der Waals surface area contributed by atoms with Crippen LogP contribution in [-0.2, 0) is 0 Å². The van der Waals surface area contributed by atoms with Gasteiger partial charge >= 0.3 is 11.4 Å². The zero-order valence-electron chi connectivity index (χ0n) is 10.1. The Morgan fingerprint density at radius 1 is 0.895 bits per heavy atom. The van der Waals surface area contributed by atoms with Gasteiger partial charge in [0.15, 0.2) is 0 Å². The van der Waals surface area contributed by atoms with Crippen LogP contribution >= 0.6 is 11.8 Å². The number of aromatic nitrogens is 4. The van der Waals surface area contributed by atoms with Crippen molar-refractivity contribution in [1.29, 1.82) is 0 Å². The largest absolute Gasteiger partial charge is 0.327 e. The maximum atomic E-state index is 10.9. The summed E-state index contributed by atoms with van der Waals surface area (Å²) in [6, 6.07) is 0. The molecule has 2 heterocycles. The quantitative estimate of drug-likeness (QED) is 0.477. The second kappa shape index (κ2) is 7.27. The topological polar surface area (TPSA) is 114 Å². The second-order valence-electron chi connectivity index (χ2n) is 3.35. The van der Waals surface area contributed by atoms with Crippen molar-refractivity contribution in [3.05, 3.63) is 56.6 Å². The van der Waals surface area contributed by atoms with Gasteiger partial charge in [0.25, 0.3) is 5.56 Å². The molecule has 0 aromatic carbocycles. The Labute approximate surface area is 111 Å². The highest BCUT2D eigenvalue weighted by Crippen LogP contribution is 1.97. The molecular formula is C11H14N4O3S. The molecule has 2 rings (SSSR count). The van der Waals surface area contributed by atoms with Gasteiger partial charge in [-0.2, -0.15) is 11.8 Å². The molecule has 2 aromatic rings. The van der Waals surface area contributed by atoms with Gasteiger partial charge in [0.1, 0.15) is 11.2 Å². The Kier molecular flexibility index (Phi) is 5.68. The van der Waals surface area contributed by atoms with Crippen molar-refractivity contribution in [2.45, 2.75) is 0 Å². The Morgan fingerprint density at radius 3 is 1.95 bits per heavy atom. The predicted octanol–water partition coefficient (Wildman–Crippen LogP) is 0.324. The highest BCUT2D eigenvalue weighted by molar-refractivity contribution is 7.99. The number of nitrogens with one attached hydrogen (secondary N) is 4. The monoisotopic (exact) mass is 282 g/mol. The van der Waals surface area contributed by atoms with Crippen LogP contribution in [0, 0.1) is 0 Å². The Bertz CT molecular complexity index is 714. The van der Waals surface area contributed by atoms with Crippen LogP contribution in [0.1, 0.15) is 0 Å². The normalized spacial score (nSPS) is 9.68. The molecule has 0 amide bonds. The molecule has 0 saturated carbocycles. The lowest BCUT2D eigenvalue weighted by Gasteiger charge is -1.85. The summed E-state index contributed by atoms with van der Waals surface area (Å²) in [5, 5.41) is 0. The van der Waals surface area contributed by atoms with Crippen molar-refractivity contribution in [3.63, 3.8) is 0 Å². The first-order chi connectivity index (χ1) is 9.08. The van der Waals surface area contributed by atoms with Crippen molar-refractivity contribution in [3.8, 4) is 0 Å². The molecule has 0 spiro atoms. The van der Waals surface area contributed by atoms with Gasteiger partial charge in [-0.25, -0.2) is 9.59 Å². The van der Waals surface area contributed by atoms with Gasteiger partial charge in [-0.1, -0.05) is 12.2 Å². The summed E-state index contributed by atoms with van der Waals surface area (Å²) in [6.07, 6.45) is 3.79. The Hall–Kier alpha value is -2.22. The number of rotatable bonds is 4. The Balaban J connectivity index is 0.000000224. The molecular weight excluding hydrogens is 268 g/mol. The van der Waals surface area contributed by atoms with E-state index in [-0.39, 0.29) is 11.2 Å². The molecule has 0 atom stereocenters. The second-order valence-corrected chi connectivity index (χ2v) is 4.43. The third kappa shape index (κ3) is 4.51.